The van der Waals surface area contributed by atoms with Crippen LogP contribution in [0.2, 0.25) is 0 Å². The first-order valence-corrected chi connectivity index (χ1v) is 5.99. The standard InChI is InChI=1S/C14H18N2/c1-2-3-10-16-11-5-4-8-14(16)13-7-6-9-15-12-13/h1,6-7,9,12,14H,3-5,8,10-11H2. The van der Waals surface area contributed by atoms with Crippen LogP contribution in [0, 0.1) is 12.3 Å². The van der Waals surface area contributed by atoms with E-state index in [0.717, 1.165) is 13.0 Å². The van der Waals surface area contributed by atoms with Gasteiger partial charge in [-0.1, -0.05) is 12.5 Å². The molecule has 0 amide bonds. The zero-order chi connectivity index (χ0) is 11.2. The molecule has 2 nitrogen and oxygen atoms in total. The first kappa shape index (κ1) is 11.2. The van der Waals surface area contributed by atoms with Crippen LogP contribution in [0.15, 0.2) is 24.5 Å². The van der Waals surface area contributed by atoms with E-state index in [4.69, 9.17) is 6.42 Å². The summed E-state index contributed by atoms with van der Waals surface area (Å²) < 4.78 is 0. The predicted octanol–water partition coefficient (Wildman–Crippen LogP) is 2.63. The van der Waals surface area contributed by atoms with Crippen LogP contribution in [0.3, 0.4) is 0 Å². The Morgan fingerprint density at radius 2 is 2.44 bits per heavy atom. The molecule has 16 heavy (non-hydrogen) atoms. The van der Waals surface area contributed by atoms with Crippen LogP contribution < -0.4 is 0 Å². The van der Waals surface area contributed by atoms with E-state index in [2.05, 4.69) is 21.9 Å². The Balaban J connectivity index is 2.08. The number of hydrogen-bond acceptors (Lipinski definition) is 2. The highest BCUT2D eigenvalue weighted by atomic mass is 15.2. The molecule has 2 rings (SSSR count). The van der Waals surface area contributed by atoms with Gasteiger partial charge in [0, 0.05) is 31.4 Å². The van der Waals surface area contributed by atoms with E-state index in [1.807, 2.05) is 18.5 Å². The molecule has 0 saturated carbocycles. The summed E-state index contributed by atoms with van der Waals surface area (Å²) in [4.78, 5) is 6.71. The number of terminal acetylenes is 1. The molecule has 1 saturated heterocycles. The lowest BCUT2D eigenvalue weighted by molar-refractivity contribution is 0.152. The van der Waals surface area contributed by atoms with Crippen molar-refractivity contribution >= 4 is 0 Å². The fraction of sp³-hybridized carbons (Fsp3) is 0.500. The van der Waals surface area contributed by atoms with Gasteiger partial charge in [-0.25, -0.2) is 0 Å². The third kappa shape index (κ3) is 2.62. The SMILES string of the molecule is C#CCCN1CCCCC1c1cccnc1. The first-order chi connectivity index (χ1) is 7.92. The van der Waals surface area contributed by atoms with Crippen molar-refractivity contribution in [2.75, 3.05) is 13.1 Å². The third-order valence-corrected chi connectivity index (χ3v) is 3.23. The van der Waals surface area contributed by atoms with Crippen molar-refractivity contribution in [2.45, 2.75) is 31.7 Å². The molecule has 0 spiro atoms. The summed E-state index contributed by atoms with van der Waals surface area (Å²) in [5, 5.41) is 0. The van der Waals surface area contributed by atoms with Gasteiger partial charge in [0.2, 0.25) is 0 Å². The summed E-state index contributed by atoms with van der Waals surface area (Å²) in [5.41, 5.74) is 1.33. The molecule has 0 radical (unpaired) electrons. The van der Waals surface area contributed by atoms with Crippen molar-refractivity contribution in [1.82, 2.24) is 9.88 Å². The zero-order valence-corrected chi connectivity index (χ0v) is 9.60. The number of nitrogens with zero attached hydrogens (tertiary/aromatic N) is 2. The Bertz CT molecular complexity index is 353. The number of hydrogen-bond donors (Lipinski definition) is 0. The third-order valence-electron chi connectivity index (χ3n) is 3.23. The molecule has 2 heterocycles. The molecule has 1 unspecified atom stereocenters. The van der Waals surface area contributed by atoms with Gasteiger partial charge in [-0.2, -0.15) is 0 Å². The lowest BCUT2D eigenvalue weighted by Crippen LogP contribution is -2.34. The summed E-state index contributed by atoms with van der Waals surface area (Å²) in [6.45, 7) is 2.18. The van der Waals surface area contributed by atoms with E-state index >= 15 is 0 Å². The molecular formula is C14H18N2. The molecule has 0 N–H and O–H groups in total. The van der Waals surface area contributed by atoms with Crippen molar-refractivity contribution < 1.29 is 0 Å². The minimum Gasteiger partial charge on any atom is -0.295 e. The number of piperidine rings is 1. The number of rotatable bonds is 3. The zero-order valence-electron chi connectivity index (χ0n) is 9.60. The molecule has 84 valence electrons. The van der Waals surface area contributed by atoms with Crippen molar-refractivity contribution in [3.8, 4) is 12.3 Å². The van der Waals surface area contributed by atoms with Crippen LogP contribution in [0.4, 0.5) is 0 Å². The van der Waals surface area contributed by atoms with Crippen LogP contribution in [0.5, 0.6) is 0 Å². The molecule has 0 aliphatic carbocycles. The van der Waals surface area contributed by atoms with Gasteiger partial charge in [0.1, 0.15) is 0 Å². The van der Waals surface area contributed by atoms with Gasteiger partial charge >= 0.3 is 0 Å². The first-order valence-electron chi connectivity index (χ1n) is 5.99. The molecule has 1 aromatic heterocycles. The quantitative estimate of drug-likeness (QED) is 0.719. The normalized spacial score (nSPS) is 21.6. The summed E-state index contributed by atoms with van der Waals surface area (Å²) in [6, 6.07) is 4.71. The summed E-state index contributed by atoms with van der Waals surface area (Å²) in [5.74, 6) is 2.73. The maximum Gasteiger partial charge on any atom is 0.0363 e. The number of aromatic nitrogens is 1. The second-order valence-corrected chi connectivity index (χ2v) is 4.29. The van der Waals surface area contributed by atoms with Crippen LogP contribution in [0.25, 0.3) is 0 Å². The van der Waals surface area contributed by atoms with Crippen molar-refractivity contribution in [2.24, 2.45) is 0 Å². The highest BCUT2D eigenvalue weighted by Gasteiger charge is 2.23. The molecule has 1 aliphatic rings. The summed E-state index contributed by atoms with van der Waals surface area (Å²) >= 11 is 0. The maximum atomic E-state index is 5.34. The van der Waals surface area contributed by atoms with Gasteiger partial charge in [-0.15, -0.1) is 12.3 Å². The van der Waals surface area contributed by atoms with Crippen LogP contribution >= 0.6 is 0 Å². The largest absolute Gasteiger partial charge is 0.295 e. The minimum absolute atomic E-state index is 0.524. The summed E-state index contributed by atoms with van der Waals surface area (Å²) in [7, 11) is 0. The molecule has 0 bridgehead atoms. The van der Waals surface area contributed by atoms with Gasteiger partial charge in [0.05, 0.1) is 0 Å². The number of pyridine rings is 1. The van der Waals surface area contributed by atoms with Crippen LogP contribution in [0.1, 0.15) is 37.3 Å². The molecular weight excluding hydrogens is 196 g/mol. The second-order valence-electron chi connectivity index (χ2n) is 4.29. The Kier molecular flexibility index (Phi) is 3.96. The lowest BCUT2D eigenvalue weighted by atomic mass is 9.96. The average Bonchev–Trinajstić information content (AvgIpc) is 2.38. The highest BCUT2D eigenvalue weighted by molar-refractivity contribution is 5.14. The molecule has 1 fully saturated rings. The Labute approximate surface area is 97.7 Å². The van der Waals surface area contributed by atoms with Crippen molar-refractivity contribution in [3.63, 3.8) is 0 Å². The van der Waals surface area contributed by atoms with Gasteiger partial charge in [-0.3, -0.25) is 9.88 Å². The van der Waals surface area contributed by atoms with E-state index in [-0.39, 0.29) is 0 Å². The summed E-state index contributed by atoms with van der Waals surface area (Å²) in [6.07, 6.45) is 13.8. The van der Waals surface area contributed by atoms with Crippen LogP contribution in [-0.4, -0.2) is 23.0 Å². The topological polar surface area (TPSA) is 16.1 Å². The molecule has 2 heteroatoms. The van der Waals surface area contributed by atoms with E-state index in [1.54, 1.807) is 0 Å². The van der Waals surface area contributed by atoms with Gasteiger partial charge in [-0.05, 0) is 31.0 Å². The predicted molar refractivity (Wildman–Crippen MR) is 65.9 cm³/mol. The van der Waals surface area contributed by atoms with E-state index < -0.39 is 0 Å². The highest BCUT2D eigenvalue weighted by Crippen LogP contribution is 2.30. The smallest absolute Gasteiger partial charge is 0.0363 e. The Hall–Kier alpha value is -1.33. The van der Waals surface area contributed by atoms with Gasteiger partial charge < -0.3 is 0 Å². The molecule has 1 aromatic rings. The average molecular weight is 214 g/mol. The minimum atomic E-state index is 0.524. The maximum absolute atomic E-state index is 5.34. The van der Waals surface area contributed by atoms with Gasteiger partial charge in [0.25, 0.3) is 0 Å². The van der Waals surface area contributed by atoms with Crippen molar-refractivity contribution in [3.05, 3.63) is 30.1 Å². The molecule has 1 aliphatic heterocycles. The fourth-order valence-electron chi connectivity index (χ4n) is 2.42. The van der Waals surface area contributed by atoms with E-state index in [9.17, 15) is 0 Å². The molecule has 1 atom stereocenters. The monoisotopic (exact) mass is 214 g/mol. The van der Waals surface area contributed by atoms with E-state index in [1.165, 1.54) is 31.4 Å². The van der Waals surface area contributed by atoms with Crippen LogP contribution in [-0.2, 0) is 0 Å². The van der Waals surface area contributed by atoms with E-state index in [0.29, 0.717) is 6.04 Å². The van der Waals surface area contributed by atoms with Gasteiger partial charge in [0.15, 0.2) is 0 Å². The molecule has 0 aromatic carbocycles. The number of likely N-dealkylation sites (tertiary alicyclic amines) is 1. The van der Waals surface area contributed by atoms with Crippen molar-refractivity contribution in [1.29, 1.82) is 0 Å². The second kappa shape index (κ2) is 5.67. The Morgan fingerprint density at radius 1 is 1.50 bits per heavy atom. The lowest BCUT2D eigenvalue weighted by Gasteiger charge is -2.35. The Morgan fingerprint density at radius 3 is 3.19 bits per heavy atom. The fourth-order valence-corrected chi connectivity index (χ4v) is 2.42.